The molecular weight excluding hydrogens is 328 g/mol. The summed E-state index contributed by atoms with van der Waals surface area (Å²) in [6.07, 6.45) is 2.92. The molecule has 134 valence electrons. The van der Waals surface area contributed by atoms with Gasteiger partial charge in [0.25, 0.3) is 0 Å². The molecule has 2 heterocycles. The third-order valence-corrected chi connectivity index (χ3v) is 4.62. The van der Waals surface area contributed by atoms with E-state index >= 15 is 0 Å². The van der Waals surface area contributed by atoms with Crippen molar-refractivity contribution in [3.05, 3.63) is 41.9 Å². The highest BCUT2D eigenvalue weighted by atomic mass is 19.1. The Morgan fingerprint density at radius 3 is 2.92 bits per heavy atom. The zero-order valence-corrected chi connectivity index (χ0v) is 14.0. The zero-order chi connectivity index (χ0) is 18.0. The van der Waals surface area contributed by atoms with Crippen LogP contribution in [0, 0.1) is 17.6 Å². The largest absolute Gasteiger partial charge is 0.441 e. The lowest BCUT2D eigenvalue weighted by atomic mass is 10.1. The molecule has 2 atom stereocenters. The monoisotopic (exact) mass is 349 g/mol. The van der Waals surface area contributed by atoms with E-state index in [1.807, 2.05) is 11.8 Å². The highest BCUT2D eigenvalue weighted by molar-refractivity contribution is 5.77. The first kappa shape index (κ1) is 17.5. The summed E-state index contributed by atoms with van der Waals surface area (Å²) in [6, 6.07) is 3.45. The van der Waals surface area contributed by atoms with Gasteiger partial charge in [0.05, 0.1) is 11.8 Å². The van der Waals surface area contributed by atoms with Crippen LogP contribution in [0.4, 0.5) is 8.78 Å². The topological polar surface area (TPSA) is 72.4 Å². The Balaban J connectivity index is 1.61. The second-order valence-electron chi connectivity index (χ2n) is 6.47. The summed E-state index contributed by atoms with van der Waals surface area (Å²) >= 11 is 0. The molecule has 2 aromatic rings. The molecule has 1 amide bonds. The number of halogens is 2. The number of carbonyl (C=O) groups excluding carboxylic acids is 1. The highest BCUT2D eigenvalue weighted by Crippen LogP contribution is 2.26. The quantitative estimate of drug-likeness (QED) is 0.901. The normalized spacial score (nSPS) is 20.2. The van der Waals surface area contributed by atoms with Gasteiger partial charge in [-0.1, -0.05) is 0 Å². The summed E-state index contributed by atoms with van der Waals surface area (Å²) < 4.78 is 32.3. The molecule has 0 saturated carbocycles. The predicted molar refractivity (Wildman–Crippen MR) is 88.5 cm³/mol. The lowest BCUT2D eigenvalue weighted by Crippen LogP contribution is -2.34. The molecule has 1 saturated heterocycles. The van der Waals surface area contributed by atoms with Crippen molar-refractivity contribution in [1.82, 2.24) is 9.88 Å². The zero-order valence-electron chi connectivity index (χ0n) is 14.0. The number of amides is 1. The molecule has 0 aliphatic carbocycles. The molecule has 1 aliphatic rings. The van der Waals surface area contributed by atoms with Gasteiger partial charge in [-0.25, -0.2) is 13.8 Å². The van der Waals surface area contributed by atoms with E-state index in [1.165, 1.54) is 12.3 Å². The van der Waals surface area contributed by atoms with Crippen LogP contribution < -0.4 is 5.73 Å². The Morgan fingerprint density at radius 2 is 2.24 bits per heavy atom. The second-order valence-corrected chi connectivity index (χ2v) is 6.47. The van der Waals surface area contributed by atoms with E-state index in [1.54, 1.807) is 0 Å². The molecular formula is C18H21F2N3O2. The van der Waals surface area contributed by atoms with Crippen LogP contribution in [0.5, 0.6) is 0 Å². The Labute approximate surface area is 144 Å². The molecule has 2 N–H and O–H groups in total. The fourth-order valence-corrected chi connectivity index (χ4v) is 3.26. The van der Waals surface area contributed by atoms with Gasteiger partial charge < -0.3 is 15.1 Å². The molecule has 1 aromatic heterocycles. The molecule has 25 heavy (non-hydrogen) atoms. The number of carbonyl (C=O) groups is 1. The predicted octanol–water partition coefficient (Wildman–Crippen LogP) is 2.75. The molecule has 2 unspecified atom stereocenters. The molecule has 0 radical (unpaired) electrons. The van der Waals surface area contributed by atoms with E-state index in [0.717, 1.165) is 18.6 Å². The fraction of sp³-hybridized carbons (Fsp3) is 0.444. The minimum Gasteiger partial charge on any atom is -0.441 e. The van der Waals surface area contributed by atoms with Gasteiger partial charge >= 0.3 is 0 Å². The lowest BCUT2D eigenvalue weighted by Gasteiger charge is -2.21. The van der Waals surface area contributed by atoms with E-state index in [0.29, 0.717) is 31.3 Å². The SMILES string of the molecule is CC1CC(CN)CN1C(=O)CCc1ncc(-c2ccc(F)cc2F)o1. The number of benzene rings is 1. The van der Waals surface area contributed by atoms with Gasteiger partial charge in [-0.3, -0.25) is 4.79 Å². The summed E-state index contributed by atoms with van der Waals surface area (Å²) in [4.78, 5) is 18.3. The van der Waals surface area contributed by atoms with Crippen LogP contribution in [0.2, 0.25) is 0 Å². The van der Waals surface area contributed by atoms with Gasteiger partial charge in [-0.2, -0.15) is 0 Å². The van der Waals surface area contributed by atoms with E-state index in [-0.39, 0.29) is 29.7 Å². The second kappa shape index (κ2) is 7.31. The number of aromatic nitrogens is 1. The smallest absolute Gasteiger partial charge is 0.223 e. The van der Waals surface area contributed by atoms with E-state index in [4.69, 9.17) is 10.2 Å². The number of nitrogens with two attached hydrogens (primary N) is 1. The average Bonchev–Trinajstić information content (AvgIpc) is 3.19. The molecule has 5 nitrogen and oxygen atoms in total. The summed E-state index contributed by atoms with van der Waals surface area (Å²) in [5, 5.41) is 0. The molecule has 3 rings (SSSR count). The van der Waals surface area contributed by atoms with Crippen LogP contribution in [0.15, 0.2) is 28.8 Å². The molecule has 0 spiro atoms. The Kier molecular flexibility index (Phi) is 5.13. The molecule has 1 fully saturated rings. The van der Waals surface area contributed by atoms with Crippen molar-refractivity contribution in [3.8, 4) is 11.3 Å². The lowest BCUT2D eigenvalue weighted by molar-refractivity contribution is -0.131. The number of nitrogens with zero attached hydrogens (tertiary/aromatic N) is 2. The van der Waals surface area contributed by atoms with Crippen LogP contribution in [-0.4, -0.2) is 34.9 Å². The van der Waals surface area contributed by atoms with Crippen LogP contribution in [0.3, 0.4) is 0 Å². The van der Waals surface area contributed by atoms with Crippen molar-refractivity contribution in [3.63, 3.8) is 0 Å². The first-order valence-electron chi connectivity index (χ1n) is 8.37. The first-order chi connectivity index (χ1) is 12.0. The van der Waals surface area contributed by atoms with Crippen molar-refractivity contribution in [2.45, 2.75) is 32.2 Å². The average molecular weight is 349 g/mol. The fourth-order valence-electron chi connectivity index (χ4n) is 3.26. The summed E-state index contributed by atoms with van der Waals surface area (Å²) in [5.74, 6) is -0.392. The number of oxazole rings is 1. The third-order valence-electron chi connectivity index (χ3n) is 4.62. The number of likely N-dealkylation sites (tertiary alicyclic amines) is 1. The number of rotatable bonds is 5. The standard InChI is InChI=1S/C18H21F2N3O2/c1-11-6-12(8-21)10-23(11)18(24)5-4-17-22-9-16(25-17)14-3-2-13(19)7-15(14)20/h2-3,7,9,11-12H,4-6,8,10,21H2,1H3. The van der Waals surface area contributed by atoms with Gasteiger partial charge in [-0.15, -0.1) is 0 Å². The number of hydrogen-bond donors (Lipinski definition) is 1. The minimum atomic E-state index is -0.711. The van der Waals surface area contributed by atoms with Gasteiger partial charge in [0.15, 0.2) is 11.7 Å². The van der Waals surface area contributed by atoms with E-state index in [2.05, 4.69) is 4.98 Å². The minimum absolute atomic E-state index is 0.0381. The van der Waals surface area contributed by atoms with Gasteiger partial charge in [0, 0.05) is 31.5 Å². The maximum absolute atomic E-state index is 13.8. The van der Waals surface area contributed by atoms with Crippen molar-refractivity contribution in [2.24, 2.45) is 11.7 Å². The number of aryl methyl sites for hydroxylation is 1. The van der Waals surface area contributed by atoms with Crippen molar-refractivity contribution < 1.29 is 18.0 Å². The van der Waals surface area contributed by atoms with Gasteiger partial charge in [0.1, 0.15) is 11.6 Å². The Hall–Kier alpha value is -2.28. The van der Waals surface area contributed by atoms with Gasteiger partial charge in [0.2, 0.25) is 5.91 Å². The summed E-state index contributed by atoms with van der Waals surface area (Å²) in [7, 11) is 0. The Bertz CT molecular complexity index is 763. The molecule has 1 aromatic carbocycles. The molecule has 1 aliphatic heterocycles. The molecule has 0 bridgehead atoms. The van der Waals surface area contributed by atoms with Crippen LogP contribution in [-0.2, 0) is 11.2 Å². The summed E-state index contributed by atoms with van der Waals surface area (Å²) in [6.45, 7) is 3.29. The Morgan fingerprint density at radius 1 is 1.44 bits per heavy atom. The van der Waals surface area contributed by atoms with Crippen LogP contribution in [0.1, 0.15) is 25.7 Å². The van der Waals surface area contributed by atoms with E-state index in [9.17, 15) is 13.6 Å². The van der Waals surface area contributed by atoms with Crippen LogP contribution in [0.25, 0.3) is 11.3 Å². The van der Waals surface area contributed by atoms with Gasteiger partial charge in [-0.05, 0) is 37.9 Å². The van der Waals surface area contributed by atoms with Crippen molar-refractivity contribution >= 4 is 5.91 Å². The summed E-state index contributed by atoms with van der Waals surface area (Å²) in [5.41, 5.74) is 5.83. The van der Waals surface area contributed by atoms with Crippen molar-refractivity contribution in [1.29, 1.82) is 0 Å². The van der Waals surface area contributed by atoms with Crippen molar-refractivity contribution in [2.75, 3.05) is 13.1 Å². The number of hydrogen-bond acceptors (Lipinski definition) is 4. The first-order valence-corrected chi connectivity index (χ1v) is 8.37. The van der Waals surface area contributed by atoms with E-state index < -0.39 is 11.6 Å². The maximum atomic E-state index is 13.8. The molecule has 7 heteroatoms. The van der Waals surface area contributed by atoms with Crippen LogP contribution >= 0.6 is 0 Å². The third kappa shape index (κ3) is 3.87. The maximum Gasteiger partial charge on any atom is 0.223 e. The highest BCUT2D eigenvalue weighted by Gasteiger charge is 2.31.